The molecule has 1 fully saturated rings. The molecule has 0 spiro atoms. The summed E-state index contributed by atoms with van der Waals surface area (Å²) in [5, 5.41) is 0. The first kappa shape index (κ1) is 12.6. The van der Waals surface area contributed by atoms with Gasteiger partial charge in [0.1, 0.15) is 0 Å². The molecule has 2 atom stereocenters. The summed E-state index contributed by atoms with van der Waals surface area (Å²) in [5.74, 6) is 7.26. The molecule has 0 heterocycles. The van der Waals surface area contributed by atoms with Gasteiger partial charge in [-0.25, -0.2) is 0 Å². The molecule has 2 heteroatoms. The first-order chi connectivity index (χ1) is 8.04. The van der Waals surface area contributed by atoms with Gasteiger partial charge in [0.25, 0.3) is 0 Å². The molecule has 0 bridgehead atoms. The van der Waals surface area contributed by atoms with Crippen molar-refractivity contribution in [1.82, 2.24) is 5.43 Å². The van der Waals surface area contributed by atoms with Crippen LogP contribution in [0.3, 0.4) is 0 Å². The lowest BCUT2D eigenvalue weighted by Gasteiger charge is -2.26. The van der Waals surface area contributed by atoms with E-state index in [1.54, 1.807) is 0 Å². The van der Waals surface area contributed by atoms with Gasteiger partial charge in [0.05, 0.1) is 0 Å². The smallest absolute Gasteiger partial charge is 0.0490 e. The quantitative estimate of drug-likeness (QED) is 0.618. The summed E-state index contributed by atoms with van der Waals surface area (Å²) in [6.07, 6.45) is 2.73. The molecular formula is C15H24N2. The molecule has 17 heavy (non-hydrogen) atoms. The van der Waals surface area contributed by atoms with E-state index in [9.17, 15) is 0 Å². The summed E-state index contributed by atoms with van der Waals surface area (Å²) < 4.78 is 0. The number of benzene rings is 1. The Balaban J connectivity index is 2.32. The van der Waals surface area contributed by atoms with Crippen molar-refractivity contribution in [3.05, 3.63) is 34.4 Å². The highest BCUT2D eigenvalue weighted by Crippen LogP contribution is 2.43. The number of nitrogens with one attached hydrogen (secondary N) is 1. The Bertz CT molecular complexity index is 408. The Kier molecular flexibility index (Phi) is 3.55. The lowest BCUT2D eigenvalue weighted by molar-refractivity contribution is 0.353. The van der Waals surface area contributed by atoms with Gasteiger partial charge < -0.3 is 0 Å². The zero-order chi connectivity index (χ0) is 12.6. The van der Waals surface area contributed by atoms with Gasteiger partial charge in [0.15, 0.2) is 0 Å². The van der Waals surface area contributed by atoms with Crippen LogP contribution in [0, 0.1) is 32.6 Å². The monoisotopic (exact) mass is 232 g/mol. The average molecular weight is 232 g/mol. The van der Waals surface area contributed by atoms with Crippen LogP contribution in [0.1, 0.15) is 48.1 Å². The molecule has 0 amide bonds. The Morgan fingerprint density at radius 3 is 2.24 bits per heavy atom. The van der Waals surface area contributed by atoms with Crippen molar-refractivity contribution in [3.63, 3.8) is 0 Å². The van der Waals surface area contributed by atoms with Crippen LogP contribution in [0.2, 0.25) is 0 Å². The predicted octanol–water partition coefficient (Wildman–Crippen LogP) is 3.16. The van der Waals surface area contributed by atoms with Crippen molar-refractivity contribution < 1.29 is 0 Å². The topological polar surface area (TPSA) is 38.0 Å². The Hall–Kier alpha value is -0.860. The van der Waals surface area contributed by atoms with E-state index in [1.165, 1.54) is 35.1 Å². The number of hydrogen-bond donors (Lipinski definition) is 2. The molecular weight excluding hydrogens is 208 g/mol. The zero-order valence-electron chi connectivity index (χ0n) is 11.4. The molecule has 1 aliphatic carbocycles. The summed E-state index contributed by atoms with van der Waals surface area (Å²) in [6, 6.07) is 4.87. The number of hydrogen-bond acceptors (Lipinski definition) is 2. The Morgan fingerprint density at radius 2 is 1.71 bits per heavy atom. The highest BCUT2D eigenvalue weighted by molar-refractivity contribution is 5.38. The first-order valence-electron chi connectivity index (χ1n) is 6.58. The average Bonchev–Trinajstić information content (AvgIpc) is 3.09. The van der Waals surface area contributed by atoms with Crippen molar-refractivity contribution in [2.45, 2.75) is 46.6 Å². The van der Waals surface area contributed by atoms with Crippen LogP contribution in [0.25, 0.3) is 0 Å². The third kappa shape index (κ3) is 2.53. The van der Waals surface area contributed by atoms with E-state index in [4.69, 9.17) is 5.84 Å². The summed E-state index contributed by atoms with van der Waals surface area (Å²) in [6.45, 7) is 8.84. The van der Waals surface area contributed by atoms with Gasteiger partial charge in [-0.1, -0.05) is 19.1 Å². The first-order valence-corrected chi connectivity index (χ1v) is 6.58. The molecule has 1 saturated carbocycles. The van der Waals surface area contributed by atoms with E-state index in [-0.39, 0.29) is 0 Å². The third-order valence-electron chi connectivity index (χ3n) is 4.29. The van der Waals surface area contributed by atoms with Gasteiger partial charge >= 0.3 is 0 Å². The van der Waals surface area contributed by atoms with Gasteiger partial charge in [0, 0.05) is 6.04 Å². The number of hydrazine groups is 1. The van der Waals surface area contributed by atoms with E-state index < -0.39 is 0 Å². The van der Waals surface area contributed by atoms with E-state index in [0.29, 0.717) is 12.0 Å². The molecule has 2 rings (SSSR count). The highest BCUT2D eigenvalue weighted by Gasteiger charge is 2.34. The van der Waals surface area contributed by atoms with Crippen LogP contribution in [-0.2, 0) is 0 Å². The van der Waals surface area contributed by atoms with Crippen molar-refractivity contribution in [2.24, 2.45) is 17.7 Å². The maximum atomic E-state index is 5.78. The van der Waals surface area contributed by atoms with E-state index in [2.05, 4.69) is 45.3 Å². The molecule has 0 aliphatic heterocycles. The Morgan fingerprint density at radius 1 is 1.12 bits per heavy atom. The van der Waals surface area contributed by atoms with E-state index >= 15 is 0 Å². The molecule has 3 N–H and O–H groups in total. The molecule has 1 aliphatic rings. The van der Waals surface area contributed by atoms with Crippen molar-refractivity contribution in [1.29, 1.82) is 0 Å². The molecule has 2 unspecified atom stereocenters. The van der Waals surface area contributed by atoms with Gasteiger partial charge in [-0.3, -0.25) is 11.3 Å². The normalized spacial score (nSPS) is 19.1. The zero-order valence-corrected chi connectivity index (χ0v) is 11.4. The minimum absolute atomic E-state index is 0.293. The van der Waals surface area contributed by atoms with Crippen molar-refractivity contribution in [2.75, 3.05) is 0 Å². The second kappa shape index (κ2) is 4.79. The van der Waals surface area contributed by atoms with Crippen molar-refractivity contribution in [3.8, 4) is 0 Å². The van der Waals surface area contributed by atoms with E-state index in [0.717, 1.165) is 5.92 Å². The fourth-order valence-corrected chi connectivity index (χ4v) is 2.74. The third-order valence-corrected chi connectivity index (χ3v) is 4.29. The lowest BCUT2D eigenvalue weighted by atomic mass is 9.87. The van der Waals surface area contributed by atoms with Gasteiger partial charge in [-0.15, -0.1) is 0 Å². The molecule has 0 radical (unpaired) electrons. The largest absolute Gasteiger partial charge is 0.271 e. The molecule has 94 valence electrons. The van der Waals surface area contributed by atoms with Crippen LogP contribution in [0.5, 0.6) is 0 Å². The van der Waals surface area contributed by atoms with Crippen LogP contribution in [0.4, 0.5) is 0 Å². The molecule has 2 nitrogen and oxygen atoms in total. The minimum atomic E-state index is 0.293. The highest BCUT2D eigenvalue weighted by atomic mass is 15.2. The van der Waals surface area contributed by atoms with E-state index in [1.807, 2.05) is 0 Å². The van der Waals surface area contributed by atoms with Gasteiger partial charge in [-0.05, 0) is 67.7 Å². The van der Waals surface area contributed by atoms with Crippen LogP contribution in [-0.4, -0.2) is 0 Å². The maximum absolute atomic E-state index is 5.78. The molecule has 1 aromatic carbocycles. The molecule has 0 saturated heterocycles. The molecule has 0 aromatic heterocycles. The summed E-state index contributed by atoms with van der Waals surface area (Å²) in [7, 11) is 0. The fraction of sp³-hybridized carbons (Fsp3) is 0.600. The van der Waals surface area contributed by atoms with Gasteiger partial charge in [0.2, 0.25) is 0 Å². The number of rotatable bonds is 4. The van der Waals surface area contributed by atoms with Gasteiger partial charge in [-0.2, -0.15) is 0 Å². The number of nitrogens with two attached hydrogens (primary N) is 1. The lowest BCUT2D eigenvalue weighted by Crippen LogP contribution is -2.34. The van der Waals surface area contributed by atoms with Crippen LogP contribution < -0.4 is 11.3 Å². The van der Waals surface area contributed by atoms with Crippen LogP contribution in [0.15, 0.2) is 12.1 Å². The summed E-state index contributed by atoms with van der Waals surface area (Å²) in [4.78, 5) is 0. The second-order valence-electron chi connectivity index (χ2n) is 5.63. The minimum Gasteiger partial charge on any atom is -0.271 e. The fourth-order valence-electron chi connectivity index (χ4n) is 2.74. The molecule has 1 aromatic rings. The van der Waals surface area contributed by atoms with Crippen LogP contribution >= 0.6 is 0 Å². The van der Waals surface area contributed by atoms with Crippen molar-refractivity contribution >= 4 is 0 Å². The SMILES string of the molecule is Cc1cc(C)c(C(NN)C(C)C2CC2)cc1C. The second-order valence-corrected chi connectivity index (χ2v) is 5.63. The maximum Gasteiger partial charge on any atom is 0.0490 e. The summed E-state index contributed by atoms with van der Waals surface area (Å²) >= 11 is 0. The summed E-state index contributed by atoms with van der Waals surface area (Å²) in [5.41, 5.74) is 8.47. The predicted molar refractivity (Wildman–Crippen MR) is 72.6 cm³/mol. The number of aryl methyl sites for hydroxylation is 3. The standard InChI is InChI=1S/C15H24N2/c1-9-7-11(3)14(8-10(9)2)15(17-16)12(4)13-5-6-13/h7-8,12-13,15,17H,5-6,16H2,1-4H3. The Labute approximate surface area is 105 Å².